The number of nitrogens with one attached hydrogen (secondary N) is 1. The lowest BCUT2D eigenvalue weighted by Crippen LogP contribution is -2.40. The maximum absolute atomic E-state index is 11.8. The first-order chi connectivity index (χ1) is 7.45. The van der Waals surface area contributed by atoms with Gasteiger partial charge in [0, 0.05) is 12.0 Å². The number of amides is 1. The van der Waals surface area contributed by atoms with Crippen LogP contribution in [0.2, 0.25) is 0 Å². The molecule has 0 aromatic heterocycles. The summed E-state index contributed by atoms with van der Waals surface area (Å²) in [6.45, 7) is 6.69. The van der Waals surface area contributed by atoms with Gasteiger partial charge in [-0.25, -0.2) is 0 Å². The summed E-state index contributed by atoms with van der Waals surface area (Å²) < 4.78 is 0. The Hall–Kier alpha value is -0.570. The fourth-order valence-corrected chi connectivity index (χ4v) is 2.08. The highest BCUT2D eigenvalue weighted by atomic mass is 16.3. The molecule has 0 radical (unpaired) electrons. The Balaban J connectivity index is 2.31. The molecule has 0 aromatic rings. The van der Waals surface area contributed by atoms with Crippen LogP contribution in [0.5, 0.6) is 0 Å². The van der Waals surface area contributed by atoms with Gasteiger partial charge in [0.05, 0.1) is 6.10 Å². The first kappa shape index (κ1) is 13.5. The van der Waals surface area contributed by atoms with Crippen molar-refractivity contribution in [2.75, 3.05) is 6.54 Å². The summed E-state index contributed by atoms with van der Waals surface area (Å²) in [5.74, 6) is 0.593. The second-order valence-corrected chi connectivity index (χ2v) is 5.63. The number of aliphatic hydroxyl groups is 1. The maximum atomic E-state index is 11.8. The Bertz CT molecular complexity index is 238. The first-order valence-electron chi connectivity index (χ1n) is 6.42. The number of hydrogen-bond acceptors (Lipinski definition) is 2. The van der Waals surface area contributed by atoms with Crippen LogP contribution in [0.3, 0.4) is 0 Å². The zero-order valence-corrected chi connectivity index (χ0v) is 10.8. The third kappa shape index (κ3) is 3.78. The van der Waals surface area contributed by atoms with Crippen molar-refractivity contribution in [2.24, 2.45) is 11.3 Å². The van der Waals surface area contributed by atoms with E-state index in [9.17, 15) is 9.90 Å². The zero-order valence-electron chi connectivity index (χ0n) is 10.8. The molecule has 94 valence electrons. The third-order valence-electron chi connectivity index (χ3n) is 3.80. The molecule has 0 bridgehead atoms. The standard InChI is InChI=1S/C13H25NO2/c1-4-13(2,3)12(16)14-9-10-6-5-7-11(15)8-10/h10-11,15H,4-9H2,1-3H3,(H,14,16). The van der Waals surface area contributed by atoms with Crippen LogP contribution in [0.15, 0.2) is 0 Å². The van der Waals surface area contributed by atoms with Gasteiger partial charge in [-0.15, -0.1) is 0 Å². The lowest BCUT2D eigenvalue weighted by molar-refractivity contribution is -0.129. The molecule has 0 aliphatic heterocycles. The normalized spacial score (nSPS) is 26.5. The first-order valence-corrected chi connectivity index (χ1v) is 6.42. The van der Waals surface area contributed by atoms with E-state index >= 15 is 0 Å². The zero-order chi connectivity index (χ0) is 12.2. The molecule has 0 aromatic carbocycles. The molecule has 3 heteroatoms. The van der Waals surface area contributed by atoms with Crippen molar-refractivity contribution in [3.05, 3.63) is 0 Å². The summed E-state index contributed by atoms with van der Waals surface area (Å²) in [4.78, 5) is 11.8. The van der Waals surface area contributed by atoms with Crippen LogP contribution in [0.1, 0.15) is 52.9 Å². The predicted octanol–water partition coefficient (Wildman–Crippen LogP) is 2.09. The van der Waals surface area contributed by atoms with Crippen molar-refractivity contribution in [3.63, 3.8) is 0 Å². The van der Waals surface area contributed by atoms with Gasteiger partial charge < -0.3 is 10.4 Å². The van der Waals surface area contributed by atoms with E-state index in [1.807, 2.05) is 20.8 Å². The van der Waals surface area contributed by atoms with Crippen molar-refractivity contribution in [1.82, 2.24) is 5.32 Å². The van der Waals surface area contributed by atoms with Gasteiger partial charge in [0.15, 0.2) is 0 Å². The van der Waals surface area contributed by atoms with Gasteiger partial charge in [-0.05, 0) is 31.6 Å². The van der Waals surface area contributed by atoms with Crippen molar-refractivity contribution in [2.45, 2.75) is 59.0 Å². The maximum Gasteiger partial charge on any atom is 0.225 e. The van der Waals surface area contributed by atoms with E-state index < -0.39 is 0 Å². The van der Waals surface area contributed by atoms with Gasteiger partial charge in [0.25, 0.3) is 0 Å². The van der Waals surface area contributed by atoms with E-state index in [-0.39, 0.29) is 17.4 Å². The van der Waals surface area contributed by atoms with Gasteiger partial charge >= 0.3 is 0 Å². The molecule has 16 heavy (non-hydrogen) atoms. The van der Waals surface area contributed by atoms with Gasteiger partial charge in [-0.1, -0.05) is 27.2 Å². The second kappa shape index (κ2) is 5.67. The Morgan fingerprint density at radius 1 is 1.44 bits per heavy atom. The Morgan fingerprint density at radius 3 is 2.69 bits per heavy atom. The average Bonchev–Trinajstić information content (AvgIpc) is 2.26. The molecule has 1 rings (SSSR count). The van der Waals surface area contributed by atoms with Gasteiger partial charge in [-0.2, -0.15) is 0 Å². The largest absolute Gasteiger partial charge is 0.393 e. The molecule has 1 saturated carbocycles. The van der Waals surface area contributed by atoms with Gasteiger partial charge in [-0.3, -0.25) is 4.79 Å². The molecule has 1 fully saturated rings. The highest BCUT2D eigenvalue weighted by Gasteiger charge is 2.26. The molecule has 1 aliphatic rings. The molecule has 1 amide bonds. The summed E-state index contributed by atoms with van der Waals surface area (Å²) in [6.07, 6.45) is 4.67. The Kier molecular flexibility index (Phi) is 4.78. The molecule has 0 spiro atoms. The van der Waals surface area contributed by atoms with E-state index in [0.717, 1.165) is 38.6 Å². The lowest BCUT2D eigenvalue weighted by Gasteiger charge is -2.28. The van der Waals surface area contributed by atoms with Crippen molar-refractivity contribution in [1.29, 1.82) is 0 Å². The molecule has 0 heterocycles. The van der Waals surface area contributed by atoms with Crippen LogP contribution < -0.4 is 5.32 Å². The second-order valence-electron chi connectivity index (χ2n) is 5.63. The van der Waals surface area contributed by atoms with Crippen molar-refractivity contribution >= 4 is 5.91 Å². The number of rotatable bonds is 4. The fraction of sp³-hybridized carbons (Fsp3) is 0.923. The number of carbonyl (C=O) groups excluding carboxylic acids is 1. The SMILES string of the molecule is CCC(C)(C)C(=O)NCC1CCCC(O)C1. The van der Waals surface area contributed by atoms with Crippen LogP contribution in [0.25, 0.3) is 0 Å². The molecule has 2 N–H and O–H groups in total. The van der Waals surface area contributed by atoms with E-state index in [4.69, 9.17) is 0 Å². The van der Waals surface area contributed by atoms with Gasteiger partial charge in [0.1, 0.15) is 0 Å². The molecule has 1 aliphatic carbocycles. The fourth-order valence-electron chi connectivity index (χ4n) is 2.08. The minimum Gasteiger partial charge on any atom is -0.393 e. The number of aliphatic hydroxyl groups excluding tert-OH is 1. The Labute approximate surface area is 98.6 Å². The van der Waals surface area contributed by atoms with Crippen LogP contribution in [-0.2, 0) is 4.79 Å². The van der Waals surface area contributed by atoms with Crippen LogP contribution in [0.4, 0.5) is 0 Å². The van der Waals surface area contributed by atoms with Crippen LogP contribution >= 0.6 is 0 Å². The summed E-state index contributed by atoms with van der Waals surface area (Å²) in [5.41, 5.74) is -0.271. The van der Waals surface area contributed by atoms with Crippen molar-refractivity contribution in [3.8, 4) is 0 Å². The Morgan fingerprint density at radius 2 is 2.12 bits per heavy atom. The molecule has 2 unspecified atom stereocenters. The number of hydrogen-bond donors (Lipinski definition) is 2. The summed E-state index contributed by atoms with van der Waals surface area (Å²) >= 11 is 0. The average molecular weight is 227 g/mol. The summed E-state index contributed by atoms with van der Waals surface area (Å²) in [7, 11) is 0. The number of carbonyl (C=O) groups is 1. The smallest absolute Gasteiger partial charge is 0.225 e. The summed E-state index contributed by atoms with van der Waals surface area (Å²) in [5, 5.41) is 12.6. The van der Waals surface area contributed by atoms with E-state index in [1.54, 1.807) is 0 Å². The van der Waals surface area contributed by atoms with Crippen LogP contribution in [0, 0.1) is 11.3 Å². The quantitative estimate of drug-likeness (QED) is 0.772. The van der Waals surface area contributed by atoms with E-state index in [1.165, 1.54) is 0 Å². The highest BCUT2D eigenvalue weighted by Crippen LogP contribution is 2.24. The van der Waals surface area contributed by atoms with E-state index in [0.29, 0.717) is 5.92 Å². The minimum absolute atomic E-state index is 0.134. The monoisotopic (exact) mass is 227 g/mol. The van der Waals surface area contributed by atoms with Gasteiger partial charge in [0.2, 0.25) is 5.91 Å². The lowest BCUT2D eigenvalue weighted by atomic mass is 9.86. The molecule has 0 saturated heterocycles. The van der Waals surface area contributed by atoms with Crippen molar-refractivity contribution < 1.29 is 9.90 Å². The topological polar surface area (TPSA) is 49.3 Å². The molecular weight excluding hydrogens is 202 g/mol. The predicted molar refractivity (Wildman–Crippen MR) is 65.0 cm³/mol. The minimum atomic E-state index is -0.271. The summed E-state index contributed by atoms with van der Waals surface area (Å²) in [6, 6.07) is 0. The third-order valence-corrected chi connectivity index (χ3v) is 3.80. The molecule has 3 nitrogen and oxygen atoms in total. The van der Waals surface area contributed by atoms with Crippen LogP contribution in [-0.4, -0.2) is 23.7 Å². The van der Waals surface area contributed by atoms with E-state index in [2.05, 4.69) is 5.32 Å². The highest BCUT2D eigenvalue weighted by molar-refractivity contribution is 5.81. The molecular formula is C13H25NO2. The molecule has 2 atom stereocenters.